The van der Waals surface area contributed by atoms with Crippen molar-refractivity contribution in [2.24, 2.45) is 5.92 Å². The Hall–Kier alpha value is -0.310. The highest BCUT2D eigenvalue weighted by molar-refractivity contribution is 8.13. The fourth-order valence-electron chi connectivity index (χ4n) is 0.952. The van der Waals surface area contributed by atoms with E-state index in [0.717, 1.165) is 12.8 Å². The molecule has 1 unspecified atom stereocenters. The molecule has 1 atom stereocenters. The highest BCUT2D eigenvalue weighted by atomic mass is 35.7. The molecule has 0 amide bonds. The van der Waals surface area contributed by atoms with Crippen LogP contribution >= 0.6 is 10.7 Å². The van der Waals surface area contributed by atoms with Crippen LogP contribution in [0.15, 0.2) is 0 Å². The minimum Gasteiger partial charge on any atom is -0.362 e. The van der Waals surface area contributed by atoms with Gasteiger partial charge in [0.1, 0.15) is 6.10 Å². The van der Waals surface area contributed by atoms with Crippen LogP contribution in [-0.2, 0) is 13.8 Å². The molecule has 1 aliphatic carbocycles. The molecular weight excluding hydrogens is 214 g/mol. The predicted octanol–water partition coefficient (Wildman–Crippen LogP) is 0.874. The molecule has 0 radical (unpaired) electrons. The van der Waals surface area contributed by atoms with Gasteiger partial charge in [-0.15, -0.1) is 0 Å². The maximum atomic E-state index is 10.5. The molecule has 0 aromatic heterocycles. The molecule has 0 aromatic rings. The Balaban J connectivity index is 2.21. The number of nitriles is 1. The smallest absolute Gasteiger partial charge is 0.234 e. The Morgan fingerprint density at radius 2 is 2.23 bits per heavy atom. The molecule has 1 aliphatic rings. The van der Waals surface area contributed by atoms with Crippen molar-refractivity contribution in [1.29, 1.82) is 5.26 Å². The van der Waals surface area contributed by atoms with E-state index in [9.17, 15) is 8.42 Å². The van der Waals surface area contributed by atoms with Crippen LogP contribution in [-0.4, -0.2) is 26.9 Å². The van der Waals surface area contributed by atoms with Crippen molar-refractivity contribution in [2.75, 3.05) is 12.4 Å². The third-order valence-corrected chi connectivity index (χ3v) is 2.92. The van der Waals surface area contributed by atoms with Crippen molar-refractivity contribution in [3.8, 4) is 6.07 Å². The standard InChI is InChI=1S/C7H10ClNO3S/c8-13(10,11)4-3-12-7(5-9)6-1-2-6/h6-7H,1-4H2. The zero-order valence-electron chi connectivity index (χ0n) is 6.94. The van der Waals surface area contributed by atoms with Gasteiger partial charge in [-0.3, -0.25) is 0 Å². The van der Waals surface area contributed by atoms with E-state index >= 15 is 0 Å². The molecule has 1 rings (SSSR count). The van der Waals surface area contributed by atoms with Crippen molar-refractivity contribution in [1.82, 2.24) is 0 Å². The molecule has 0 spiro atoms. The van der Waals surface area contributed by atoms with Gasteiger partial charge in [0.2, 0.25) is 9.05 Å². The lowest BCUT2D eigenvalue weighted by molar-refractivity contribution is 0.0879. The second kappa shape index (κ2) is 4.27. The van der Waals surface area contributed by atoms with Gasteiger partial charge in [0.25, 0.3) is 0 Å². The summed E-state index contributed by atoms with van der Waals surface area (Å²) in [6.45, 7) is 0.000556. The van der Waals surface area contributed by atoms with E-state index < -0.39 is 15.2 Å². The lowest BCUT2D eigenvalue weighted by atomic mass is 10.2. The van der Waals surface area contributed by atoms with Gasteiger partial charge in [-0.2, -0.15) is 5.26 Å². The first-order chi connectivity index (χ1) is 6.03. The number of nitrogens with zero attached hydrogens (tertiary/aromatic N) is 1. The first-order valence-corrected chi connectivity index (χ1v) is 6.44. The summed E-state index contributed by atoms with van der Waals surface area (Å²) in [7, 11) is 1.47. The van der Waals surface area contributed by atoms with Gasteiger partial charge in [-0.05, 0) is 18.8 Å². The van der Waals surface area contributed by atoms with Crippen molar-refractivity contribution >= 4 is 19.7 Å². The maximum absolute atomic E-state index is 10.5. The van der Waals surface area contributed by atoms with E-state index in [1.807, 2.05) is 6.07 Å². The van der Waals surface area contributed by atoms with Gasteiger partial charge in [0.05, 0.1) is 18.4 Å². The third-order valence-electron chi connectivity index (χ3n) is 1.80. The van der Waals surface area contributed by atoms with Crippen LogP contribution in [0.2, 0.25) is 0 Å². The summed E-state index contributed by atoms with van der Waals surface area (Å²) < 4.78 is 26.0. The summed E-state index contributed by atoms with van der Waals surface area (Å²) in [6.07, 6.45) is 1.52. The molecule has 13 heavy (non-hydrogen) atoms. The molecule has 4 nitrogen and oxygen atoms in total. The molecule has 0 heterocycles. The van der Waals surface area contributed by atoms with E-state index in [1.54, 1.807) is 0 Å². The van der Waals surface area contributed by atoms with E-state index in [4.69, 9.17) is 20.7 Å². The van der Waals surface area contributed by atoms with E-state index in [-0.39, 0.29) is 12.4 Å². The Kier molecular flexibility index (Phi) is 3.54. The van der Waals surface area contributed by atoms with Crippen molar-refractivity contribution in [3.05, 3.63) is 0 Å². The monoisotopic (exact) mass is 223 g/mol. The minimum atomic E-state index is -3.50. The largest absolute Gasteiger partial charge is 0.362 e. The lowest BCUT2D eigenvalue weighted by Crippen LogP contribution is -2.17. The van der Waals surface area contributed by atoms with Crippen LogP contribution in [0, 0.1) is 17.2 Å². The Bertz CT molecular complexity index is 304. The minimum absolute atomic E-state index is 0.000556. The average molecular weight is 224 g/mol. The SMILES string of the molecule is N#CC(OCCS(=O)(=O)Cl)C1CC1. The van der Waals surface area contributed by atoms with Gasteiger partial charge in [-0.1, -0.05) is 0 Å². The molecule has 74 valence electrons. The summed E-state index contributed by atoms with van der Waals surface area (Å²) in [5, 5.41) is 8.61. The maximum Gasteiger partial charge on any atom is 0.234 e. The number of ether oxygens (including phenoxy) is 1. The fraction of sp³-hybridized carbons (Fsp3) is 0.857. The highest BCUT2D eigenvalue weighted by Crippen LogP contribution is 2.33. The second-order valence-electron chi connectivity index (χ2n) is 3.00. The molecule has 0 aliphatic heterocycles. The molecule has 0 N–H and O–H groups in total. The molecule has 6 heteroatoms. The number of hydrogen-bond donors (Lipinski definition) is 0. The topological polar surface area (TPSA) is 67.2 Å². The summed E-state index contributed by atoms with van der Waals surface area (Å²) in [5.74, 6) is 0.0578. The van der Waals surface area contributed by atoms with Crippen molar-refractivity contribution in [3.63, 3.8) is 0 Å². The summed E-state index contributed by atoms with van der Waals surface area (Å²) in [4.78, 5) is 0. The molecule has 0 saturated heterocycles. The van der Waals surface area contributed by atoms with Crippen LogP contribution < -0.4 is 0 Å². The van der Waals surface area contributed by atoms with Crippen LogP contribution in [0.25, 0.3) is 0 Å². The van der Waals surface area contributed by atoms with E-state index in [1.165, 1.54) is 0 Å². The lowest BCUT2D eigenvalue weighted by Gasteiger charge is -2.07. The van der Waals surface area contributed by atoms with Gasteiger partial charge < -0.3 is 4.74 Å². The molecule has 1 saturated carbocycles. The molecule has 1 fully saturated rings. The second-order valence-corrected chi connectivity index (χ2v) is 5.90. The van der Waals surface area contributed by atoms with Gasteiger partial charge in [0.15, 0.2) is 0 Å². The molecule has 0 bridgehead atoms. The van der Waals surface area contributed by atoms with Crippen LogP contribution in [0.4, 0.5) is 0 Å². The Labute approximate surface area is 81.9 Å². The summed E-state index contributed by atoms with van der Waals surface area (Å²) in [5.41, 5.74) is 0. The number of rotatable bonds is 5. The Morgan fingerprint density at radius 1 is 1.62 bits per heavy atom. The van der Waals surface area contributed by atoms with Crippen molar-refractivity contribution in [2.45, 2.75) is 18.9 Å². The quantitative estimate of drug-likeness (QED) is 0.649. The van der Waals surface area contributed by atoms with Gasteiger partial charge >= 0.3 is 0 Å². The van der Waals surface area contributed by atoms with Crippen LogP contribution in [0.1, 0.15) is 12.8 Å². The van der Waals surface area contributed by atoms with Gasteiger partial charge in [0, 0.05) is 10.7 Å². The Morgan fingerprint density at radius 3 is 2.62 bits per heavy atom. The average Bonchev–Trinajstić information content (AvgIpc) is 2.78. The number of halogens is 1. The normalized spacial score (nSPS) is 19.4. The zero-order chi connectivity index (χ0) is 9.90. The fourth-order valence-corrected chi connectivity index (χ4v) is 1.44. The van der Waals surface area contributed by atoms with E-state index in [2.05, 4.69) is 0 Å². The summed E-state index contributed by atoms with van der Waals surface area (Å²) in [6, 6.07) is 1.99. The van der Waals surface area contributed by atoms with E-state index in [0.29, 0.717) is 5.92 Å². The van der Waals surface area contributed by atoms with Crippen molar-refractivity contribution < 1.29 is 13.2 Å². The van der Waals surface area contributed by atoms with Crippen LogP contribution in [0.5, 0.6) is 0 Å². The zero-order valence-corrected chi connectivity index (χ0v) is 8.51. The first-order valence-electron chi connectivity index (χ1n) is 3.96. The van der Waals surface area contributed by atoms with Gasteiger partial charge in [-0.25, -0.2) is 8.42 Å². The molecule has 0 aromatic carbocycles. The third kappa shape index (κ3) is 4.46. The summed E-state index contributed by atoms with van der Waals surface area (Å²) >= 11 is 0. The highest BCUT2D eigenvalue weighted by Gasteiger charge is 2.32. The molecular formula is C7H10ClNO3S. The number of hydrogen-bond acceptors (Lipinski definition) is 4. The first kappa shape index (κ1) is 10.8. The van der Waals surface area contributed by atoms with Crippen LogP contribution in [0.3, 0.4) is 0 Å². The predicted molar refractivity (Wildman–Crippen MR) is 47.7 cm³/mol.